The quantitative estimate of drug-likeness (QED) is 0.435. The van der Waals surface area contributed by atoms with Crippen LogP contribution in [0.15, 0.2) is 18.2 Å². The molecule has 0 fully saturated rings. The molecule has 0 aliphatic rings. The van der Waals surface area contributed by atoms with Crippen molar-refractivity contribution in [3.05, 3.63) is 34.1 Å². The Hall–Kier alpha value is -1.17. The van der Waals surface area contributed by atoms with Gasteiger partial charge < -0.3 is 4.74 Å². The molecule has 18 heavy (non-hydrogen) atoms. The van der Waals surface area contributed by atoms with Gasteiger partial charge in [0.15, 0.2) is 0 Å². The number of nitro benzene ring substituents is 1. The zero-order valence-corrected chi connectivity index (χ0v) is 11.7. The Morgan fingerprint density at radius 3 is 2.78 bits per heavy atom. The molecule has 1 unspecified atom stereocenters. The van der Waals surface area contributed by atoms with Crippen LogP contribution in [-0.4, -0.2) is 16.9 Å². The summed E-state index contributed by atoms with van der Waals surface area (Å²) in [4.78, 5) is 9.68. The lowest BCUT2D eigenvalue weighted by Crippen LogP contribution is -2.05. The standard InChI is InChI=1S/C12H15BrFNO3/c1-9(4-6-13)5-7-18-10-2-3-12(15(16)17)11(14)8-10/h2-3,8-9H,4-7H2,1H3. The summed E-state index contributed by atoms with van der Waals surface area (Å²) < 4.78 is 18.6. The predicted molar refractivity (Wildman–Crippen MR) is 70.7 cm³/mol. The topological polar surface area (TPSA) is 52.4 Å². The Balaban J connectivity index is 2.49. The Bertz CT molecular complexity index is 414. The van der Waals surface area contributed by atoms with Gasteiger partial charge in [0.25, 0.3) is 0 Å². The Labute approximate surface area is 113 Å². The first-order chi connectivity index (χ1) is 8.54. The lowest BCUT2D eigenvalue weighted by molar-refractivity contribution is -0.387. The van der Waals surface area contributed by atoms with E-state index in [2.05, 4.69) is 22.9 Å². The molecule has 100 valence electrons. The molecule has 0 radical (unpaired) electrons. The van der Waals surface area contributed by atoms with E-state index in [0.29, 0.717) is 18.3 Å². The van der Waals surface area contributed by atoms with Crippen LogP contribution in [0, 0.1) is 21.8 Å². The third kappa shape index (κ3) is 4.60. The van der Waals surface area contributed by atoms with E-state index in [0.717, 1.165) is 30.3 Å². The number of nitro groups is 1. The molecule has 0 aliphatic carbocycles. The smallest absolute Gasteiger partial charge is 0.305 e. The van der Waals surface area contributed by atoms with Gasteiger partial charge in [0.1, 0.15) is 5.75 Å². The van der Waals surface area contributed by atoms with Gasteiger partial charge in [-0.15, -0.1) is 0 Å². The maximum atomic E-state index is 13.3. The predicted octanol–water partition coefficient (Wildman–Crippen LogP) is 3.92. The normalized spacial score (nSPS) is 12.2. The maximum absolute atomic E-state index is 13.3. The Morgan fingerprint density at radius 2 is 2.22 bits per heavy atom. The van der Waals surface area contributed by atoms with E-state index < -0.39 is 16.4 Å². The van der Waals surface area contributed by atoms with Gasteiger partial charge in [-0.2, -0.15) is 4.39 Å². The van der Waals surface area contributed by atoms with Crippen molar-refractivity contribution in [1.29, 1.82) is 0 Å². The van der Waals surface area contributed by atoms with Crippen molar-refractivity contribution in [2.75, 3.05) is 11.9 Å². The molecule has 0 bridgehead atoms. The summed E-state index contributed by atoms with van der Waals surface area (Å²) in [5.41, 5.74) is -0.532. The van der Waals surface area contributed by atoms with E-state index in [1.807, 2.05) is 0 Å². The minimum atomic E-state index is -0.869. The molecule has 0 amide bonds. The number of alkyl halides is 1. The number of ether oxygens (including phenoxy) is 1. The van der Waals surface area contributed by atoms with Gasteiger partial charge in [0, 0.05) is 17.5 Å². The van der Waals surface area contributed by atoms with Crippen molar-refractivity contribution in [3.63, 3.8) is 0 Å². The lowest BCUT2D eigenvalue weighted by atomic mass is 10.1. The monoisotopic (exact) mass is 319 g/mol. The number of benzene rings is 1. The Kier molecular flexibility index (Phi) is 6.04. The molecule has 0 aliphatic heterocycles. The van der Waals surface area contributed by atoms with Gasteiger partial charge in [-0.05, 0) is 24.8 Å². The second-order valence-corrected chi connectivity index (χ2v) is 4.88. The SMILES string of the molecule is CC(CCBr)CCOc1ccc([N+](=O)[O-])c(F)c1. The number of halogens is 2. The van der Waals surface area contributed by atoms with Crippen LogP contribution >= 0.6 is 15.9 Å². The number of hydrogen-bond acceptors (Lipinski definition) is 3. The van der Waals surface area contributed by atoms with E-state index in [9.17, 15) is 14.5 Å². The third-order valence-electron chi connectivity index (χ3n) is 2.60. The average molecular weight is 320 g/mol. The van der Waals surface area contributed by atoms with Crippen molar-refractivity contribution in [2.45, 2.75) is 19.8 Å². The van der Waals surface area contributed by atoms with Crippen LogP contribution in [0.5, 0.6) is 5.75 Å². The minimum absolute atomic E-state index is 0.323. The summed E-state index contributed by atoms with van der Waals surface area (Å²) in [6, 6.07) is 3.58. The largest absolute Gasteiger partial charge is 0.493 e. The molecule has 6 heteroatoms. The van der Waals surface area contributed by atoms with Gasteiger partial charge in [0.2, 0.25) is 5.82 Å². The molecule has 0 N–H and O–H groups in total. The molecule has 1 rings (SSSR count). The second kappa shape index (κ2) is 7.31. The van der Waals surface area contributed by atoms with Crippen LogP contribution in [0.1, 0.15) is 19.8 Å². The Morgan fingerprint density at radius 1 is 1.50 bits per heavy atom. The molecular formula is C12H15BrFNO3. The van der Waals surface area contributed by atoms with E-state index in [4.69, 9.17) is 4.74 Å². The molecule has 1 aromatic rings. The highest BCUT2D eigenvalue weighted by Crippen LogP contribution is 2.22. The molecule has 0 saturated carbocycles. The fraction of sp³-hybridized carbons (Fsp3) is 0.500. The molecule has 0 saturated heterocycles. The average Bonchev–Trinajstić information content (AvgIpc) is 2.29. The summed E-state index contributed by atoms with van der Waals surface area (Å²) in [6.45, 7) is 2.59. The van der Waals surface area contributed by atoms with Gasteiger partial charge in [-0.25, -0.2) is 0 Å². The van der Waals surface area contributed by atoms with Crippen molar-refractivity contribution < 1.29 is 14.1 Å². The molecule has 0 spiro atoms. The van der Waals surface area contributed by atoms with E-state index in [-0.39, 0.29) is 0 Å². The molecule has 0 heterocycles. The second-order valence-electron chi connectivity index (χ2n) is 4.09. The zero-order valence-electron chi connectivity index (χ0n) is 10.1. The van der Waals surface area contributed by atoms with Crippen LogP contribution < -0.4 is 4.74 Å². The summed E-state index contributed by atoms with van der Waals surface area (Å²) in [5, 5.41) is 11.4. The number of nitrogens with zero attached hydrogens (tertiary/aromatic N) is 1. The van der Waals surface area contributed by atoms with Crippen LogP contribution in [0.4, 0.5) is 10.1 Å². The van der Waals surface area contributed by atoms with Crippen molar-refractivity contribution in [1.82, 2.24) is 0 Å². The van der Waals surface area contributed by atoms with Crippen molar-refractivity contribution >= 4 is 21.6 Å². The van der Waals surface area contributed by atoms with Crippen molar-refractivity contribution in [3.8, 4) is 5.75 Å². The molecule has 4 nitrogen and oxygen atoms in total. The fourth-order valence-corrected chi connectivity index (χ4v) is 2.22. The van der Waals surface area contributed by atoms with Gasteiger partial charge in [0.05, 0.1) is 11.5 Å². The highest BCUT2D eigenvalue weighted by molar-refractivity contribution is 9.09. The maximum Gasteiger partial charge on any atom is 0.305 e. The minimum Gasteiger partial charge on any atom is -0.493 e. The molecule has 1 atom stereocenters. The summed E-state index contributed by atoms with van der Waals surface area (Å²) in [5.74, 6) is -0.0255. The number of hydrogen-bond donors (Lipinski definition) is 0. The van der Waals surface area contributed by atoms with Crippen LogP contribution in [0.3, 0.4) is 0 Å². The summed E-state index contributed by atoms with van der Waals surface area (Å²) in [7, 11) is 0. The molecule has 0 aromatic heterocycles. The van der Waals surface area contributed by atoms with Gasteiger partial charge in [-0.1, -0.05) is 22.9 Å². The third-order valence-corrected chi connectivity index (χ3v) is 3.05. The van der Waals surface area contributed by atoms with Crippen molar-refractivity contribution in [2.24, 2.45) is 5.92 Å². The zero-order chi connectivity index (χ0) is 13.5. The first-order valence-corrected chi connectivity index (χ1v) is 6.79. The summed E-state index contributed by atoms with van der Waals surface area (Å²) in [6.07, 6.45) is 1.92. The van der Waals surface area contributed by atoms with Crippen LogP contribution in [-0.2, 0) is 0 Å². The fourth-order valence-electron chi connectivity index (χ4n) is 1.43. The first-order valence-electron chi connectivity index (χ1n) is 5.67. The van der Waals surface area contributed by atoms with E-state index in [1.165, 1.54) is 6.07 Å². The lowest BCUT2D eigenvalue weighted by Gasteiger charge is -2.10. The summed E-state index contributed by atoms with van der Waals surface area (Å²) >= 11 is 3.36. The first kappa shape index (κ1) is 14.9. The van der Waals surface area contributed by atoms with E-state index in [1.54, 1.807) is 0 Å². The highest BCUT2D eigenvalue weighted by Gasteiger charge is 2.14. The van der Waals surface area contributed by atoms with Crippen LogP contribution in [0.25, 0.3) is 0 Å². The van der Waals surface area contributed by atoms with Gasteiger partial charge in [-0.3, -0.25) is 10.1 Å². The molecule has 1 aromatic carbocycles. The van der Waals surface area contributed by atoms with E-state index >= 15 is 0 Å². The van der Waals surface area contributed by atoms with Crippen LogP contribution in [0.2, 0.25) is 0 Å². The van der Waals surface area contributed by atoms with Gasteiger partial charge >= 0.3 is 5.69 Å². The highest BCUT2D eigenvalue weighted by atomic mass is 79.9. The molecular weight excluding hydrogens is 305 g/mol. The number of rotatable bonds is 7.